The number of rotatable bonds is 1. The average Bonchev–Trinajstić information content (AvgIpc) is 2.73. The Morgan fingerprint density at radius 2 is 2.38 bits per heavy atom. The number of nitrogens with one attached hydrogen (secondary N) is 1. The second-order valence-corrected chi connectivity index (χ2v) is 4.56. The van der Waals surface area contributed by atoms with Crippen LogP contribution in [0.2, 0.25) is 5.15 Å². The van der Waals surface area contributed by atoms with Crippen LogP contribution in [0, 0.1) is 0 Å². The lowest BCUT2D eigenvalue weighted by molar-refractivity contribution is 0.377. The molecule has 3 rings (SSSR count). The van der Waals surface area contributed by atoms with Crippen molar-refractivity contribution < 1.29 is 0 Å². The van der Waals surface area contributed by atoms with E-state index in [1.807, 2.05) is 12.1 Å². The van der Waals surface area contributed by atoms with Crippen LogP contribution in [0.3, 0.4) is 0 Å². The zero-order valence-corrected chi connectivity index (χ0v) is 9.61. The largest absolute Gasteiger partial charge is 0.327 e. The maximum absolute atomic E-state index is 5.82. The molecule has 1 aliphatic heterocycles. The van der Waals surface area contributed by atoms with Crippen LogP contribution in [0.4, 0.5) is 0 Å². The van der Waals surface area contributed by atoms with Crippen molar-refractivity contribution in [2.45, 2.75) is 18.9 Å². The fraction of sp³-hybridized carbons (Fsp3) is 0.455. The number of piperidine rings is 1. The first-order valence-electron chi connectivity index (χ1n) is 5.55. The summed E-state index contributed by atoms with van der Waals surface area (Å²) in [6, 6.07) is 4.39. The van der Waals surface area contributed by atoms with Crippen LogP contribution in [0.1, 0.15) is 18.9 Å². The van der Waals surface area contributed by atoms with Crippen molar-refractivity contribution in [3.63, 3.8) is 0 Å². The average molecular weight is 237 g/mol. The Morgan fingerprint density at radius 3 is 3.19 bits per heavy atom. The van der Waals surface area contributed by atoms with Gasteiger partial charge in [-0.3, -0.25) is 0 Å². The van der Waals surface area contributed by atoms with E-state index in [0.29, 0.717) is 11.2 Å². The summed E-state index contributed by atoms with van der Waals surface area (Å²) in [5.74, 6) is 0. The number of nitrogens with zero attached hydrogens (tertiary/aromatic N) is 3. The molecule has 1 saturated heterocycles. The van der Waals surface area contributed by atoms with Crippen LogP contribution in [0.5, 0.6) is 0 Å². The molecule has 0 bridgehead atoms. The zero-order chi connectivity index (χ0) is 11.0. The van der Waals surface area contributed by atoms with E-state index in [1.165, 1.54) is 12.8 Å². The van der Waals surface area contributed by atoms with Gasteiger partial charge in [-0.1, -0.05) is 11.6 Å². The summed E-state index contributed by atoms with van der Waals surface area (Å²) in [5.41, 5.74) is 0.929. The Kier molecular flexibility index (Phi) is 2.53. The lowest BCUT2D eigenvalue weighted by Crippen LogP contribution is -2.31. The number of aromatic nitrogens is 3. The highest BCUT2D eigenvalue weighted by molar-refractivity contribution is 6.29. The summed E-state index contributed by atoms with van der Waals surface area (Å²) in [7, 11) is 0. The van der Waals surface area contributed by atoms with Gasteiger partial charge in [0.05, 0.1) is 0 Å². The highest BCUT2D eigenvalue weighted by Gasteiger charge is 2.17. The maximum Gasteiger partial charge on any atom is 0.162 e. The molecule has 0 aromatic carbocycles. The SMILES string of the molecule is Clc1cc2ccn([C@@H]3CCCNC3)c2nn1. The molecule has 0 aliphatic carbocycles. The molecule has 0 spiro atoms. The Bertz CT molecular complexity index is 502. The maximum atomic E-state index is 5.82. The lowest BCUT2D eigenvalue weighted by atomic mass is 10.1. The molecule has 0 radical (unpaired) electrons. The van der Waals surface area contributed by atoms with E-state index in [9.17, 15) is 0 Å². The van der Waals surface area contributed by atoms with Crippen LogP contribution < -0.4 is 5.32 Å². The molecule has 3 heterocycles. The van der Waals surface area contributed by atoms with Crippen molar-refractivity contribution in [1.82, 2.24) is 20.1 Å². The first kappa shape index (κ1) is 10.1. The van der Waals surface area contributed by atoms with Gasteiger partial charge in [0.1, 0.15) is 0 Å². The third-order valence-corrected chi connectivity index (χ3v) is 3.28. The van der Waals surface area contributed by atoms with Gasteiger partial charge in [0.25, 0.3) is 0 Å². The number of hydrogen-bond acceptors (Lipinski definition) is 3. The van der Waals surface area contributed by atoms with Crippen molar-refractivity contribution in [1.29, 1.82) is 0 Å². The summed E-state index contributed by atoms with van der Waals surface area (Å²) in [6.07, 6.45) is 4.49. The Morgan fingerprint density at radius 1 is 1.44 bits per heavy atom. The lowest BCUT2D eigenvalue weighted by Gasteiger charge is -2.24. The van der Waals surface area contributed by atoms with E-state index >= 15 is 0 Å². The van der Waals surface area contributed by atoms with E-state index < -0.39 is 0 Å². The minimum atomic E-state index is 0.451. The van der Waals surface area contributed by atoms with E-state index in [4.69, 9.17) is 11.6 Å². The molecule has 1 N–H and O–H groups in total. The van der Waals surface area contributed by atoms with Gasteiger partial charge in [-0.15, -0.1) is 10.2 Å². The monoisotopic (exact) mass is 236 g/mol. The number of fused-ring (bicyclic) bond motifs is 1. The fourth-order valence-electron chi connectivity index (χ4n) is 2.29. The smallest absolute Gasteiger partial charge is 0.162 e. The first-order chi connectivity index (χ1) is 7.84. The number of hydrogen-bond donors (Lipinski definition) is 1. The van der Waals surface area contributed by atoms with Gasteiger partial charge in [0, 0.05) is 24.2 Å². The molecule has 1 atom stereocenters. The topological polar surface area (TPSA) is 42.7 Å². The van der Waals surface area contributed by atoms with Crippen molar-refractivity contribution in [3.8, 4) is 0 Å². The van der Waals surface area contributed by atoms with Crippen molar-refractivity contribution in [2.75, 3.05) is 13.1 Å². The van der Waals surface area contributed by atoms with Crippen molar-refractivity contribution >= 4 is 22.6 Å². The summed E-state index contributed by atoms with van der Waals surface area (Å²) >= 11 is 5.82. The second kappa shape index (κ2) is 4.03. The molecule has 16 heavy (non-hydrogen) atoms. The Hall–Kier alpha value is -1.13. The third-order valence-electron chi connectivity index (χ3n) is 3.10. The van der Waals surface area contributed by atoms with Crippen LogP contribution in [-0.4, -0.2) is 27.9 Å². The van der Waals surface area contributed by atoms with Gasteiger partial charge in [0.2, 0.25) is 0 Å². The van der Waals surface area contributed by atoms with Crippen LogP contribution >= 0.6 is 11.6 Å². The summed E-state index contributed by atoms with van der Waals surface area (Å²) < 4.78 is 2.20. The van der Waals surface area contributed by atoms with Gasteiger partial charge in [-0.25, -0.2) is 0 Å². The molecule has 0 unspecified atom stereocenters. The van der Waals surface area contributed by atoms with E-state index in [1.54, 1.807) is 0 Å². The third kappa shape index (κ3) is 1.68. The predicted molar refractivity (Wildman–Crippen MR) is 63.7 cm³/mol. The zero-order valence-electron chi connectivity index (χ0n) is 8.86. The van der Waals surface area contributed by atoms with Gasteiger partial charge in [-0.05, 0) is 31.5 Å². The van der Waals surface area contributed by atoms with Crippen molar-refractivity contribution in [3.05, 3.63) is 23.5 Å². The normalized spacial score (nSPS) is 21.4. The number of halogens is 1. The van der Waals surface area contributed by atoms with E-state index in [0.717, 1.165) is 24.1 Å². The van der Waals surface area contributed by atoms with Crippen LogP contribution in [0.15, 0.2) is 18.3 Å². The minimum Gasteiger partial charge on any atom is -0.327 e. The molecule has 0 saturated carbocycles. The quantitative estimate of drug-likeness (QED) is 0.824. The highest BCUT2D eigenvalue weighted by Crippen LogP contribution is 2.23. The molecule has 1 aliphatic rings. The second-order valence-electron chi connectivity index (χ2n) is 4.17. The molecule has 2 aromatic heterocycles. The summed E-state index contributed by atoms with van der Waals surface area (Å²) in [4.78, 5) is 0. The molecular weight excluding hydrogens is 224 g/mol. The fourth-order valence-corrected chi connectivity index (χ4v) is 2.45. The highest BCUT2D eigenvalue weighted by atomic mass is 35.5. The van der Waals surface area contributed by atoms with Gasteiger partial charge >= 0.3 is 0 Å². The van der Waals surface area contributed by atoms with Crippen LogP contribution in [-0.2, 0) is 0 Å². The van der Waals surface area contributed by atoms with Crippen molar-refractivity contribution in [2.24, 2.45) is 0 Å². The van der Waals surface area contributed by atoms with E-state index in [-0.39, 0.29) is 0 Å². The molecule has 84 valence electrons. The molecular formula is C11H13ClN4. The molecule has 0 amide bonds. The Labute approximate surface area is 98.6 Å². The van der Waals surface area contributed by atoms with Gasteiger partial charge < -0.3 is 9.88 Å². The van der Waals surface area contributed by atoms with Gasteiger partial charge in [0.15, 0.2) is 10.8 Å². The molecule has 1 fully saturated rings. The van der Waals surface area contributed by atoms with E-state index in [2.05, 4.69) is 26.3 Å². The molecule has 2 aromatic rings. The molecule has 5 heteroatoms. The first-order valence-corrected chi connectivity index (χ1v) is 5.93. The summed E-state index contributed by atoms with van der Waals surface area (Å²) in [6.45, 7) is 2.13. The standard InChI is InChI=1S/C11H13ClN4/c12-10-6-8-3-5-16(11(8)15-14-10)9-2-1-4-13-7-9/h3,5-6,9,13H,1-2,4,7H2/t9-/m1/s1. The summed E-state index contributed by atoms with van der Waals surface area (Å²) in [5, 5.41) is 13.0. The van der Waals surface area contributed by atoms with Gasteiger partial charge in [-0.2, -0.15) is 0 Å². The van der Waals surface area contributed by atoms with Crippen LogP contribution in [0.25, 0.3) is 11.0 Å². The minimum absolute atomic E-state index is 0.451. The Balaban J connectivity index is 2.03. The predicted octanol–water partition coefficient (Wildman–Crippen LogP) is 2.01. The molecule has 4 nitrogen and oxygen atoms in total.